The van der Waals surface area contributed by atoms with Gasteiger partial charge in [0.05, 0.1) is 6.20 Å². The van der Waals surface area contributed by atoms with Gasteiger partial charge in [-0.15, -0.1) is 0 Å². The summed E-state index contributed by atoms with van der Waals surface area (Å²) in [6, 6.07) is 10.7. The Kier molecular flexibility index (Phi) is 2.80. The molecule has 1 aliphatic heterocycles. The third-order valence-electron chi connectivity index (χ3n) is 3.69. The number of aromatic nitrogens is 2. The SMILES string of the molecule is Cn1ncc(CN2CC(c3ccccc3)C2)c1N. The highest BCUT2D eigenvalue weighted by atomic mass is 15.3. The predicted octanol–water partition coefficient (Wildman–Crippen LogP) is 1.60. The number of rotatable bonds is 3. The third-order valence-corrected chi connectivity index (χ3v) is 3.69. The standard InChI is InChI=1S/C14H18N4/c1-17-14(15)12(7-16-17)8-18-9-13(10-18)11-5-3-2-4-6-11/h2-7,13H,8-10,15H2,1H3. The molecular weight excluding hydrogens is 224 g/mol. The van der Waals surface area contributed by atoms with Crippen LogP contribution in [0.25, 0.3) is 0 Å². The van der Waals surface area contributed by atoms with Gasteiger partial charge in [0.25, 0.3) is 0 Å². The van der Waals surface area contributed by atoms with Gasteiger partial charge in [0.15, 0.2) is 0 Å². The molecule has 0 spiro atoms. The van der Waals surface area contributed by atoms with Gasteiger partial charge in [-0.05, 0) is 5.56 Å². The molecule has 1 aromatic heterocycles. The molecule has 1 fully saturated rings. The van der Waals surface area contributed by atoms with Crippen molar-refractivity contribution in [3.05, 3.63) is 47.7 Å². The maximum atomic E-state index is 5.95. The van der Waals surface area contributed by atoms with Crippen molar-refractivity contribution in [1.82, 2.24) is 14.7 Å². The van der Waals surface area contributed by atoms with Crippen LogP contribution < -0.4 is 5.73 Å². The van der Waals surface area contributed by atoms with E-state index in [1.54, 1.807) is 4.68 Å². The van der Waals surface area contributed by atoms with E-state index in [1.807, 2.05) is 13.2 Å². The lowest BCUT2D eigenvalue weighted by atomic mass is 9.91. The molecule has 3 rings (SSSR count). The number of hydrogen-bond acceptors (Lipinski definition) is 3. The normalized spacial score (nSPS) is 16.7. The molecule has 0 amide bonds. The predicted molar refractivity (Wildman–Crippen MR) is 72.1 cm³/mol. The minimum absolute atomic E-state index is 0.670. The average Bonchev–Trinajstić information content (AvgIpc) is 2.66. The van der Waals surface area contributed by atoms with E-state index in [-0.39, 0.29) is 0 Å². The van der Waals surface area contributed by atoms with E-state index in [0.717, 1.165) is 31.0 Å². The number of benzene rings is 1. The Morgan fingerprint density at radius 2 is 2.00 bits per heavy atom. The molecule has 1 aromatic carbocycles. The molecule has 4 heteroatoms. The summed E-state index contributed by atoms with van der Waals surface area (Å²) in [7, 11) is 1.88. The average molecular weight is 242 g/mol. The van der Waals surface area contributed by atoms with Crippen molar-refractivity contribution in [3.8, 4) is 0 Å². The highest BCUT2D eigenvalue weighted by Crippen LogP contribution is 2.28. The number of nitrogens with two attached hydrogens (primary N) is 1. The Morgan fingerprint density at radius 1 is 1.28 bits per heavy atom. The number of hydrogen-bond donors (Lipinski definition) is 1. The van der Waals surface area contributed by atoms with E-state index < -0.39 is 0 Å². The zero-order valence-electron chi connectivity index (χ0n) is 10.6. The first-order valence-corrected chi connectivity index (χ1v) is 6.27. The van der Waals surface area contributed by atoms with E-state index in [1.165, 1.54) is 5.56 Å². The van der Waals surface area contributed by atoms with Crippen LogP contribution in [0.1, 0.15) is 17.0 Å². The fraction of sp³-hybridized carbons (Fsp3) is 0.357. The Labute approximate surface area is 107 Å². The highest BCUT2D eigenvalue weighted by Gasteiger charge is 2.28. The van der Waals surface area contributed by atoms with Crippen LogP contribution in [-0.2, 0) is 13.6 Å². The van der Waals surface area contributed by atoms with Crippen LogP contribution >= 0.6 is 0 Å². The highest BCUT2D eigenvalue weighted by molar-refractivity contribution is 5.38. The van der Waals surface area contributed by atoms with Crippen LogP contribution in [0.3, 0.4) is 0 Å². The summed E-state index contributed by atoms with van der Waals surface area (Å²) >= 11 is 0. The maximum Gasteiger partial charge on any atom is 0.125 e. The number of nitrogen functional groups attached to an aromatic ring is 1. The van der Waals surface area contributed by atoms with E-state index in [0.29, 0.717) is 5.92 Å². The van der Waals surface area contributed by atoms with E-state index in [2.05, 4.69) is 40.3 Å². The van der Waals surface area contributed by atoms with Gasteiger partial charge in [-0.1, -0.05) is 30.3 Å². The van der Waals surface area contributed by atoms with Crippen LogP contribution in [0.15, 0.2) is 36.5 Å². The van der Waals surface area contributed by atoms with Gasteiger partial charge in [-0.3, -0.25) is 9.58 Å². The lowest BCUT2D eigenvalue weighted by Gasteiger charge is -2.39. The molecule has 0 unspecified atom stereocenters. The van der Waals surface area contributed by atoms with Crippen LogP contribution in [0, 0.1) is 0 Å². The van der Waals surface area contributed by atoms with Gasteiger partial charge in [0, 0.05) is 38.2 Å². The summed E-state index contributed by atoms with van der Waals surface area (Å²) < 4.78 is 1.73. The van der Waals surface area contributed by atoms with E-state index in [4.69, 9.17) is 5.73 Å². The van der Waals surface area contributed by atoms with Crippen molar-refractivity contribution in [3.63, 3.8) is 0 Å². The molecular formula is C14H18N4. The monoisotopic (exact) mass is 242 g/mol. The summed E-state index contributed by atoms with van der Waals surface area (Å²) in [5.74, 6) is 1.45. The molecule has 2 aromatic rings. The van der Waals surface area contributed by atoms with Crippen molar-refractivity contribution >= 4 is 5.82 Å². The largest absolute Gasteiger partial charge is 0.384 e. The van der Waals surface area contributed by atoms with Crippen molar-refractivity contribution in [2.45, 2.75) is 12.5 Å². The number of likely N-dealkylation sites (tertiary alicyclic amines) is 1. The number of anilines is 1. The minimum atomic E-state index is 0.670. The van der Waals surface area contributed by atoms with E-state index in [9.17, 15) is 0 Å². The summed E-state index contributed by atoms with van der Waals surface area (Å²) in [5, 5.41) is 4.17. The van der Waals surface area contributed by atoms with E-state index >= 15 is 0 Å². The first-order chi connectivity index (χ1) is 8.74. The molecule has 18 heavy (non-hydrogen) atoms. The topological polar surface area (TPSA) is 47.1 Å². The number of aryl methyl sites for hydroxylation is 1. The quantitative estimate of drug-likeness (QED) is 0.889. The summed E-state index contributed by atoms with van der Waals surface area (Å²) in [6.07, 6.45) is 1.87. The third kappa shape index (κ3) is 1.99. The number of nitrogens with zero attached hydrogens (tertiary/aromatic N) is 3. The molecule has 0 saturated carbocycles. The maximum absolute atomic E-state index is 5.95. The molecule has 0 atom stereocenters. The summed E-state index contributed by atoms with van der Waals surface area (Å²) in [5.41, 5.74) is 8.52. The van der Waals surface area contributed by atoms with Gasteiger partial charge >= 0.3 is 0 Å². The second kappa shape index (κ2) is 4.46. The Hall–Kier alpha value is -1.81. The lowest BCUT2D eigenvalue weighted by Crippen LogP contribution is -2.44. The Bertz CT molecular complexity index is 526. The Balaban J connectivity index is 1.59. The molecule has 2 N–H and O–H groups in total. The first kappa shape index (κ1) is 11.3. The van der Waals surface area contributed by atoms with Crippen molar-refractivity contribution in [1.29, 1.82) is 0 Å². The van der Waals surface area contributed by atoms with Gasteiger partial charge < -0.3 is 5.73 Å². The molecule has 0 aliphatic carbocycles. The Morgan fingerprint density at radius 3 is 2.61 bits per heavy atom. The van der Waals surface area contributed by atoms with Crippen LogP contribution in [-0.4, -0.2) is 27.8 Å². The van der Waals surface area contributed by atoms with Crippen LogP contribution in [0.4, 0.5) is 5.82 Å². The molecule has 1 aliphatic rings. The van der Waals surface area contributed by atoms with Crippen molar-refractivity contribution < 1.29 is 0 Å². The zero-order valence-corrected chi connectivity index (χ0v) is 10.6. The van der Waals surface area contributed by atoms with Crippen LogP contribution in [0.2, 0.25) is 0 Å². The second-order valence-corrected chi connectivity index (χ2v) is 4.98. The minimum Gasteiger partial charge on any atom is -0.384 e. The van der Waals surface area contributed by atoms with Crippen LogP contribution in [0.5, 0.6) is 0 Å². The van der Waals surface area contributed by atoms with Gasteiger partial charge in [0.1, 0.15) is 5.82 Å². The molecule has 2 heterocycles. The van der Waals surface area contributed by atoms with Gasteiger partial charge in [-0.25, -0.2) is 0 Å². The summed E-state index contributed by atoms with van der Waals surface area (Å²) in [4.78, 5) is 2.41. The molecule has 4 nitrogen and oxygen atoms in total. The molecule has 94 valence electrons. The molecule has 1 saturated heterocycles. The van der Waals surface area contributed by atoms with Crippen molar-refractivity contribution in [2.75, 3.05) is 18.8 Å². The lowest BCUT2D eigenvalue weighted by molar-refractivity contribution is 0.140. The van der Waals surface area contributed by atoms with Gasteiger partial charge in [-0.2, -0.15) is 5.10 Å². The fourth-order valence-corrected chi connectivity index (χ4v) is 2.49. The van der Waals surface area contributed by atoms with Crippen molar-refractivity contribution in [2.24, 2.45) is 7.05 Å². The summed E-state index contributed by atoms with van der Waals surface area (Å²) in [6.45, 7) is 3.12. The molecule has 0 radical (unpaired) electrons. The first-order valence-electron chi connectivity index (χ1n) is 6.27. The van der Waals surface area contributed by atoms with Gasteiger partial charge in [0.2, 0.25) is 0 Å². The fourth-order valence-electron chi connectivity index (χ4n) is 2.49. The molecule has 0 bridgehead atoms. The smallest absolute Gasteiger partial charge is 0.125 e. The zero-order chi connectivity index (χ0) is 12.5. The second-order valence-electron chi connectivity index (χ2n) is 4.98.